The molecular formula is C12H26N2. The molecule has 1 aliphatic carbocycles. The van der Waals surface area contributed by atoms with Crippen molar-refractivity contribution in [3.05, 3.63) is 0 Å². The van der Waals surface area contributed by atoms with Gasteiger partial charge in [-0.05, 0) is 38.8 Å². The highest BCUT2D eigenvalue weighted by molar-refractivity contribution is 4.91. The summed E-state index contributed by atoms with van der Waals surface area (Å²) in [6.45, 7) is 6.81. The van der Waals surface area contributed by atoms with Gasteiger partial charge in [-0.25, -0.2) is 0 Å². The standard InChI is InChI=1S/C12H26N2/c1-4-8-14(3)10-12(13)7-5-6-11(2)9-12/h11H,4-10,13H2,1-3H3. The first-order valence-corrected chi connectivity index (χ1v) is 6.03. The molecule has 1 aliphatic rings. The minimum atomic E-state index is 0.0988. The maximum atomic E-state index is 6.44. The summed E-state index contributed by atoms with van der Waals surface area (Å²) in [6, 6.07) is 0. The minimum absolute atomic E-state index is 0.0988. The van der Waals surface area contributed by atoms with Crippen molar-refractivity contribution in [3.8, 4) is 0 Å². The van der Waals surface area contributed by atoms with Crippen LogP contribution in [-0.4, -0.2) is 30.6 Å². The summed E-state index contributed by atoms with van der Waals surface area (Å²) in [4.78, 5) is 2.39. The van der Waals surface area contributed by atoms with Gasteiger partial charge in [0.05, 0.1) is 0 Å². The Labute approximate surface area is 88.8 Å². The van der Waals surface area contributed by atoms with E-state index in [4.69, 9.17) is 5.73 Å². The minimum Gasteiger partial charge on any atom is -0.324 e. The van der Waals surface area contributed by atoms with Crippen LogP contribution in [0.1, 0.15) is 46.0 Å². The van der Waals surface area contributed by atoms with Gasteiger partial charge in [-0.2, -0.15) is 0 Å². The molecule has 2 unspecified atom stereocenters. The second kappa shape index (κ2) is 5.13. The fraction of sp³-hybridized carbons (Fsp3) is 1.00. The van der Waals surface area contributed by atoms with Gasteiger partial charge in [0.15, 0.2) is 0 Å². The molecule has 0 aliphatic heterocycles. The van der Waals surface area contributed by atoms with E-state index in [0.29, 0.717) is 0 Å². The average molecular weight is 198 g/mol. The summed E-state index contributed by atoms with van der Waals surface area (Å²) in [5.41, 5.74) is 6.54. The van der Waals surface area contributed by atoms with Gasteiger partial charge in [0.1, 0.15) is 0 Å². The highest BCUT2D eigenvalue weighted by atomic mass is 15.1. The molecule has 0 amide bonds. The fourth-order valence-electron chi connectivity index (χ4n) is 2.84. The Hall–Kier alpha value is -0.0800. The van der Waals surface area contributed by atoms with Crippen molar-refractivity contribution < 1.29 is 0 Å². The molecule has 2 atom stereocenters. The van der Waals surface area contributed by atoms with Crippen molar-refractivity contribution in [2.75, 3.05) is 20.1 Å². The highest BCUT2D eigenvalue weighted by Gasteiger charge is 2.31. The lowest BCUT2D eigenvalue weighted by atomic mass is 9.77. The van der Waals surface area contributed by atoms with Crippen LogP contribution in [0.5, 0.6) is 0 Å². The average Bonchev–Trinajstić information content (AvgIpc) is 2.02. The fourth-order valence-corrected chi connectivity index (χ4v) is 2.84. The number of nitrogens with zero attached hydrogens (tertiary/aromatic N) is 1. The molecule has 84 valence electrons. The maximum Gasteiger partial charge on any atom is 0.0285 e. The molecule has 2 heteroatoms. The van der Waals surface area contributed by atoms with E-state index in [1.54, 1.807) is 0 Å². The Morgan fingerprint density at radius 1 is 1.50 bits per heavy atom. The number of rotatable bonds is 4. The number of hydrogen-bond donors (Lipinski definition) is 1. The van der Waals surface area contributed by atoms with Gasteiger partial charge in [-0.1, -0.05) is 26.7 Å². The van der Waals surface area contributed by atoms with Crippen molar-refractivity contribution >= 4 is 0 Å². The van der Waals surface area contributed by atoms with Crippen LogP contribution >= 0.6 is 0 Å². The van der Waals surface area contributed by atoms with Crippen molar-refractivity contribution in [2.45, 2.75) is 51.5 Å². The SMILES string of the molecule is CCCN(C)CC1(N)CCCC(C)C1. The van der Waals surface area contributed by atoms with E-state index < -0.39 is 0 Å². The van der Waals surface area contributed by atoms with Gasteiger partial charge in [-0.15, -0.1) is 0 Å². The van der Waals surface area contributed by atoms with Crippen LogP contribution in [0.15, 0.2) is 0 Å². The summed E-state index contributed by atoms with van der Waals surface area (Å²) in [7, 11) is 2.19. The number of nitrogens with two attached hydrogens (primary N) is 1. The van der Waals surface area contributed by atoms with Crippen molar-refractivity contribution in [1.82, 2.24) is 4.90 Å². The van der Waals surface area contributed by atoms with Gasteiger partial charge in [0.25, 0.3) is 0 Å². The summed E-state index contributed by atoms with van der Waals surface area (Å²) < 4.78 is 0. The first-order chi connectivity index (χ1) is 6.56. The summed E-state index contributed by atoms with van der Waals surface area (Å²) in [6.07, 6.45) is 6.34. The van der Waals surface area contributed by atoms with E-state index in [1.807, 2.05) is 0 Å². The lowest BCUT2D eigenvalue weighted by molar-refractivity contribution is 0.169. The zero-order valence-corrected chi connectivity index (χ0v) is 10.1. The molecule has 2 nitrogen and oxygen atoms in total. The molecule has 0 spiro atoms. The third kappa shape index (κ3) is 3.58. The molecule has 0 aromatic carbocycles. The Bertz CT molecular complexity index is 170. The third-order valence-corrected chi connectivity index (χ3v) is 3.32. The van der Waals surface area contributed by atoms with Crippen molar-refractivity contribution in [3.63, 3.8) is 0 Å². The van der Waals surface area contributed by atoms with E-state index in [9.17, 15) is 0 Å². The first kappa shape index (κ1) is 12.0. The summed E-state index contributed by atoms with van der Waals surface area (Å²) in [5.74, 6) is 0.823. The zero-order chi connectivity index (χ0) is 10.6. The van der Waals surface area contributed by atoms with Crippen molar-refractivity contribution in [1.29, 1.82) is 0 Å². The molecule has 0 aromatic heterocycles. The van der Waals surface area contributed by atoms with E-state index in [0.717, 1.165) is 12.5 Å². The topological polar surface area (TPSA) is 29.3 Å². The second-order valence-electron chi connectivity index (χ2n) is 5.30. The molecule has 14 heavy (non-hydrogen) atoms. The molecule has 0 bridgehead atoms. The predicted octanol–water partition coefficient (Wildman–Crippen LogP) is 2.24. The largest absolute Gasteiger partial charge is 0.324 e. The van der Waals surface area contributed by atoms with Gasteiger partial charge >= 0.3 is 0 Å². The zero-order valence-electron chi connectivity index (χ0n) is 10.1. The molecule has 1 fully saturated rings. The van der Waals surface area contributed by atoms with Crippen LogP contribution in [0.4, 0.5) is 0 Å². The third-order valence-electron chi connectivity index (χ3n) is 3.32. The molecule has 1 saturated carbocycles. The van der Waals surface area contributed by atoms with Crippen LogP contribution in [0.3, 0.4) is 0 Å². The van der Waals surface area contributed by atoms with Gasteiger partial charge in [-0.3, -0.25) is 0 Å². The number of likely N-dealkylation sites (N-methyl/N-ethyl adjacent to an activating group) is 1. The highest BCUT2D eigenvalue weighted by Crippen LogP contribution is 2.30. The Morgan fingerprint density at radius 2 is 2.21 bits per heavy atom. The van der Waals surface area contributed by atoms with Crippen molar-refractivity contribution in [2.24, 2.45) is 11.7 Å². The van der Waals surface area contributed by atoms with Gasteiger partial charge in [0.2, 0.25) is 0 Å². The molecular weight excluding hydrogens is 172 g/mol. The van der Waals surface area contributed by atoms with E-state index in [1.165, 1.54) is 38.6 Å². The Balaban J connectivity index is 2.39. The van der Waals surface area contributed by atoms with E-state index in [2.05, 4.69) is 25.8 Å². The lowest BCUT2D eigenvalue weighted by Crippen LogP contribution is -2.52. The normalized spacial score (nSPS) is 33.6. The van der Waals surface area contributed by atoms with Gasteiger partial charge < -0.3 is 10.6 Å². The Kier molecular flexibility index (Phi) is 4.39. The molecule has 1 rings (SSSR count). The molecule has 0 heterocycles. The van der Waals surface area contributed by atoms with Crippen LogP contribution < -0.4 is 5.73 Å². The van der Waals surface area contributed by atoms with E-state index >= 15 is 0 Å². The first-order valence-electron chi connectivity index (χ1n) is 6.03. The predicted molar refractivity (Wildman–Crippen MR) is 62.3 cm³/mol. The molecule has 2 N–H and O–H groups in total. The quantitative estimate of drug-likeness (QED) is 0.750. The monoisotopic (exact) mass is 198 g/mol. The lowest BCUT2D eigenvalue weighted by Gasteiger charge is -2.39. The van der Waals surface area contributed by atoms with Gasteiger partial charge in [0, 0.05) is 12.1 Å². The number of hydrogen-bond acceptors (Lipinski definition) is 2. The molecule has 0 aromatic rings. The smallest absolute Gasteiger partial charge is 0.0285 e. The molecule has 0 radical (unpaired) electrons. The van der Waals surface area contributed by atoms with E-state index in [-0.39, 0.29) is 5.54 Å². The maximum absolute atomic E-state index is 6.44. The Morgan fingerprint density at radius 3 is 2.79 bits per heavy atom. The second-order valence-corrected chi connectivity index (χ2v) is 5.30. The summed E-state index contributed by atoms with van der Waals surface area (Å²) >= 11 is 0. The van der Waals surface area contributed by atoms with Crippen LogP contribution in [-0.2, 0) is 0 Å². The van der Waals surface area contributed by atoms with Crippen LogP contribution in [0, 0.1) is 5.92 Å². The van der Waals surface area contributed by atoms with Crippen LogP contribution in [0.2, 0.25) is 0 Å². The summed E-state index contributed by atoms with van der Waals surface area (Å²) in [5, 5.41) is 0. The molecule has 0 saturated heterocycles. The van der Waals surface area contributed by atoms with Crippen LogP contribution in [0.25, 0.3) is 0 Å².